The normalized spacial score (nSPS) is 11.2. The van der Waals surface area contributed by atoms with E-state index in [4.69, 9.17) is 0 Å². The van der Waals surface area contributed by atoms with Crippen molar-refractivity contribution >= 4 is 11.6 Å². The zero-order chi connectivity index (χ0) is 24.2. The van der Waals surface area contributed by atoms with E-state index in [1.807, 2.05) is 0 Å². The molecule has 0 aliphatic rings. The Bertz CT molecular complexity index is 415. The lowest BCUT2D eigenvalue weighted by Crippen LogP contribution is -2.07. The second-order valence-corrected chi connectivity index (χ2v) is 10.5. The molecular formula is C31H60O2. The highest BCUT2D eigenvalue weighted by molar-refractivity contribution is 5.98. The fourth-order valence-electron chi connectivity index (χ4n) is 4.72. The van der Waals surface area contributed by atoms with Gasteiger partial charge in [-0.15, -0.1) is 0 Å². The molecule has 2 heteroatoms. The van der Waals surface area contributed by atoms with Crippen LogP contribution in [0, 0.1) is 0 Å². The van der Waals surface area contributed by atoms with Crippen molar-refractivity contribution in [1.82, 2.24) is 0 Å². The Kier molecular flexibility index (Phi) is 27.0. The van der Waals surface area contributed by atoms with Gasteiger partial charge >= 0.3 is 0 Å². The quantitative estimate of drug-likeness (QED) is 0.0852. The van der Waals surface area contributed by atoms with Gasteiger partial charge in [-0.25, -0.2) is 0 Å². The largest absolute Gasteiger partial charge is 0.299 e. The Balaban J connectivity index is 3.21. The summed E-state index contributed by atoms with van der Waals surface area (Å²) in [6, 6.07) is 0. The van der Waals surface area contributed by atoms with Crippen molar-refractivity contribution in [1.29, 1.82) is 0 Å². The summed E-state index contributed by atoms with van der Waals surface area (Å²) in [5, 5.41) is 0. The predicted molar refractivity (Wildman–Crippen MR) is 146 cm³/mol. The van der Waals surface area contributed by atoms with Gasteiger partial charge in [-0.2, -0.15) is 0 Å². The molecule has 2 nitrogen and oxygen atoms in total. The molecule has 0 aliphatic carbocycles. The Hall–Kier alpha value is -0.660. The number of rotatable bonds is 28. The highest BCUT2D eigenvalue weighted by atomic mass is 16.1. The molecule has 0 amide bonds. The van der Waals surface area contributed by atoms with Crippen LogP contribution in [0.3, 0.4) is 0 Å². The Morgan fingerprint density at radius 3 is 0.788 bits per heavy atom. The Labute approximate surface area is 208 Å². The van der Waals surface area contributed by atoms with E-state index in [0.29, 0.717) is 12.8 Å². The van der Waals surface area contributed by atoms with Crippen molar-refractivity contribution in [3.63, 3.8) is 0 Å². The molecule has 0 saturated heterocycles. The fourth-order valence-corrected chi connectivity index (χ4v) is 4.72. The van der Waals surface area contributed by atoms with E-state index in [1.165, 1.54) is 128 Å². The molecule has 0 saturated carbocycles. The van der Waals surface area contributed by atoms with Gasteiger partial charge in [0, 0.05) is 12.8 Å². The fraction of sp³-hybridized carbons (Fsp3) is 0.935. The average molecular weight is 465 g/mol. The van der Waals surface area contributed by atoms with Crippen LogP contribution in [-0.4, -0.2) is 11.6 Å². The molecule has 0 N–H and O–H groups in total. The van der Waals surface area contributed by atoms with E-state index in [2.05, 4.69) is 13.8 Å². The first kappa shape index (κ1) is 32.3. The highest BCUT2D eigenvalue weighted by Gasteiger charge is 2.09. The van der Waals surface area contributed by atoms with Crippen LogP contribution >= 0.6 is 0 Å². The highest BCUT2D eigenvalue weighted by Crippen LogP contribution is 2.15. The number of ketones is 2. The van der Waals surface area contributed by atoms with E-state index in [-0.39, 0.29) is 18.0 Å². The summed E-state index contributed by atoms with van der Waals surface area (Å²) in [6.07, 6.45) is 33.2. The van der Waals surface area contributed by atoms with Crippen LogP contribution in [0.1, 0.15) is 187 Å². The molecule has 0 spiro atoms. The first-order chi connectivity index (χ1) is 16.2. The summed E-state index contributed by atoms with van der Waals surface area (Å²) >= 11 is 0. The molecule has 0 bridgehead atoms. The third-order valence-electron chi connectivity index (χ3n) is 7.01. The van der Waals surface area contributed by atoms with E-state index >= 15 is 0 Å². The third-order valence-corrected chi connectivity index (χ3v) is 7.01. The van der Waals surface area contributed by atoms with Gasteiger partial charge in [-0.3, -0.25) is 9.59 Å². The van der Waals surface area contributed by atoms with Crippen molar-refractivity contribution in [2.75, 3.05) is 0 Å². The number of carbonyl (C=O) groups is 2. The molecule has 0 fully saturated rings. The van der Waals surface area contributed by atoms with E-state index in [9.17, 15) is 9.59 Å². The van der Waals surface area contributed by atoms with E-state index < -0.39 is 0 Å². The van der Waals surface area contributed by atoms with Crippen molar-refractivity contribution in [3.05, 3.63) is 0 Å². The van der Waals surface area contributed by atoms with Gasteiger partial charge in [-0.05, 0) is 12.8 Å². The van der Waals surface area contributed by atoms with E-state index in [0.717, 1.165) is 25.7 Å². The maximum atomic E-state index is 12.0. The number of hydrogen-bond acceptors (Lipinski definition) is 2. The summed E-state index contributed by atoms with van der Waals surface area (Å²) in [4.78, 5) is 23.8. The zero-order valence-corrected chi connectivity index (χ0v) is 22.9. The standard InChI is InChI=1S/C31H60O2/c1-3-5-7-9-10-11-12-13-14-15-16-17-18-19-20-21-22-24-26-28-31(33)29-30(32)27-25-23-8-6-4-2/h3-29H2,1-2H3. The van der Waals surface area contributed by atoms with Gasteiger partial charge in [0.25, 0.3) is 0 Å². The van der Waals surface area contributed by atoms with E-state index in [1.54, 1.807) is 0 Å². The summed E-state index contributed by atoms with van der Waals surface area (Å²) in [6.45, 7) is 4.49. The molecule has 0 rings (SSSR count). The molecule has 0 radical (unpaired) electrons. The van der Waals surface area contributed by atoms with Crippen LogP contribution in [0.25, 0.3) is 0 Å². The molecule has 0 aromatic heterocycles. The van der Waals surface area contributed by atoms with Gasteiger partial charge in [0.05, 0.1) is 6.42 Å². The summed E-state index contributed by atoms with van der Waals surface area (Å²) < 4.78 is 0. The number of carbonyl (C=O) groups excluding carboxylic acids is 2. The average Bonchev–Trinajstić information content (AvgIpc) is 2.80. The smallest absolute Gasteiger partial charge is 0.140 e. The number of hydrogen-bond donors (Lipinski definition) is 0. The monoisotopic (exact) mass is 464 g/mol. The van der Waals surface area contributed by atoms with Crippen molar-refractivity contribution in [2.24, 2.45) is 0 Å². The van der Waals surface area contributed by atoms with Crippen LogP contribution in [0.15, 0.2) is 0 Å². The van der Waals surface area contributed by atoms with Crippen molar-refractivity contribution in [2.45, 2.75) is 187 Å². The van der Waals surface area contributed by atoms with Gasteiger partial charge in [0.1, 0.15) is 11.6 Å². The van der Waals surface area contributed by atoms with Crippen LogP contribution in [-0.2, 0) is 9.59 Å². The minimum atomic E-state index is 0.161. The van der Waals surface area contributed by atoms with Gasteiger partial charge < -0.3 is 0 Å². The Morgan fingerprint density at radius 2 is 0.545 bits per heavy atom. The maximum Gasteiger partial charge on any atom is 0.140 e. The lowest BCUT2D eigenvalue weighted by atomic mass is 10.0. The number of Topliss-reactive ketones (excluding diaryl/α,β-unsaturated/α-hetero) is 2. The molecule has 0 atom stereocenters. The van der Waals surface area contributed by atoms with Gasteiger partial charge in [0.2, 0.25) is 0 Å². The summed E-state index contributed by atoms with van der Waals surface area (Å²) in [5.74, 6) is 0.329. The second kappa shape index (κ2) is 27.6. The lowest BCUT2D eigenvalue weighted by molar-refractivity contribution is -0.127. The van der Waals surface area contributed by atoms with Crippen molar-refractivity contribution in [3.8, 4) is 0 Å². The molecular weight excluding hydrogens is 404 g/mol. The molecule has 196 valence electrons. The molecule has 33 heavy (non-hydrogen) atoms. The topological polar surface area (TPSA) is 34.1 Å². The maximum absolute atomic E-state index is 12.0. The number of unbranched alkanes of at least 4 members (excludes halogenated alkanes) is 22. The molecule has 0 aromatic carbocycles. The Morgan fingerprint density at radius 1 is 0.333 bits per heavy atom. The summed E-state index contributed by atoms with van der Waals surface area (Å²) in [5.41, 5.74) is 0. The SMILES string of the molecule is CCCCCCCCCCCCCCCCCCCCCC(=O)CC(=O)CCCCCCC. The van der Waals surface area contributed by atoms with Crippen LogP contribution < -0.4 is 0 Å². The lowest BCUT2D eigenvalue weighted by Gasteiger charge is -2.04. The first-order valence-corrected chi connectivity index (χ1v) is 15.2. The molecule has 0 aliphatic heterocycles. The molecule has 0 heterocycles. The first-order valence-electron chi connectivity index (χ1n) is 15.2. The zero-order valence-electron chi connectivity index (χ0n) is 22.9. The van der Waals surface area contributed by atoms with Crippen molar-refractivity contribution < 1.29 is 9.59 Å². The second-order valence-electron chi connectivity index (χ2n) is 10.5. The molecule has 0 unspecified atom stereocenters. The van der Waals surface area contributed by atoms with Gasteiger partial charge in [0.15, 0.2) is 0 Å². The van der Waals surface area contributed by atoms with Crippen LogP contribution in [0.4, 0.5) is 0 Å². The third kappa shape index (κ3) is 27.5. The predicted octanol–water partition coefficient (Wildman–Crippen LogP) is 10.7. The molecule has 0 aromatic rings. The summed E-state index contributed by atoms with van der Waals surface area (Å²) in [7, 11) is 0. The van der Waals surface area contributed by atoms with Gasteiger partial charge in [-0.1, -0.05) is 155 Å². The van der Waals surface area contributed by atoms with Crippen LogP contribution in [0.2, 0.25) is 0 Å². The minimum absolute atomic E-state index is 0.161. The van der Waals surface area contributed by atoms with Crippen LogP contribution in [0.5, 0.6) is 0 Å². The minimum Gasteiger partial charge on any atom is -0.299 e.